The summed E-state index contributed by atoms with van der Waals surface area (Å²) in [6.07, 6.45) is -5.54. The van der Waals surface area contributed by atoms with Gasteiger partial charge in [0.1, 0.15) is 18.3 Å². The zero-order chi connectivity index (χ0) is 21.8. The second kappa shape index (κ2) is 8.91. The van der Waals surface area contributed by atoms with E-state index in [0.29, 0.717) is 11.1 Å². The van der Waals surface area contributed by atoms with Crippen LogP contribution in [0.4, 0.5) is 0 Å². The van der Waals surface area contributed by atoms with Crippen LogP contribution < -0.4 is 0 Å². The molecular formula is C26H22O5. The highest BCUT2D eigenvalue weighted by Crippen LogP contribution is 2.30. The maximum Gasteiger partial charge on any atom is 0.191 e. The lowest BCUT2D eigenvalue weighted by Crippen LogP contribution is -2.65. The molecule has 1 saturated heterocycles. The van der Waals surface area contributed by atoms with Crippen LogP contribution in [-0.2, 0) is 4.74 Å². The zero-order valence-electron chi connectivity index (χ0n) is 16.6. The van der Waals surface area contributed by atoms with Crippen molar-refractivity contribution >= 4 is 10.8 Å². The molecule has 5 atom stereocenters. The van der Waals surface area contributed by atoms with Crippen LogP contribution in [0.25, 0.3) is 10.8 Å². The average Bonchev–Trinajstić information content (AvgIpc) is 2.81. The van der Waals surface area contributed by atoms with E-state index in [1.165, 1.54) is 0 Å². The lowest BCUT2D eigenvalue weighted by molar-refractivity contribution is -0.239. The predicted molar refractivity (Wildman–Crippen MR) is 117 cm³/mol. The van der Waals surface area contributed by atoms with Crippen molar-refractivity contribution in [3.63, 3.8) is 0 Å². The molecule has 3 aromatic carbocycles. The summed E-state index contributed by atoms with van der Waals surface area (Å²) in [5, 5.41) is 43.7. The van der Waals surface area contributed by atoms with Crippen LogP contribution in [0.2, 0.25) is 0 Å². The third kappa shape index (κ3) is 4.19. The van der Waals surface area contributed by atoms with Crippen LogP contribution in [0.15, 0.2) is 72.8 Å². The Morgan fingerprint density at radius 2 is 1.58 bits per heavy atom. The van der Waals surface area contributed by atoms with Crippen LogP contribution in [0.3, 0.4) is 0 Å². The topological polar surface area (TPSA) is 90.2 Å². The Balaban J connectivity index is 1.76. The molecule has 4 rings (SSSR count). The van der Waals surface area contributed by atoms with Crippen molar-refractivity contribution in [1.82, 2.24) is 0 Å². The number of ether oxygens (including phenoxy) is 1. The molecule has 0 aromatic heterocycles. The zero-order valence-corrected chi connectivity index (χ0v) is 16.6. The van der Waals surface area contributed by atoms with Crippen molar-refractivity contribution in [2.75, 3.05) is 6.61 Å². The molecule has 0 unspecified atom stereocenters. The van der Waals surface area contributed by atoms with Gasteiger partial charge in [0.15, 0.2) is 11.7 Å². The number of rotatable bonds is 1. The van der Waals surface area contributed by atoms with E-state index >= 15 is 0 Å². The molecule has 3 aromatic rings. The van der Waals surface area contributed by atoms with Crippen molar-refractivity contribution in [3.05, 3.63) is 83.9 Å². The van der Waals surface area contributed by atoms with Crippen molar-refractivity contribution in [1.29, 1.82) is 0 Å². The first kappa shape index (κ1) is 21.1. The first-order valence-electron chi connectivity index (χ1n) is 9.95. The molecule has 4 N–H and O–H groups in total. The molecule has 1 fully saturated rings. The van der Waals surface area contributed by atoms with Crippen LogP contribution in [0.1, 0.15) is 11.1 Å². The normalized spacial score (nSPS) is 27.6. The van der Waals surface area contributed by atoms with Gasteiger partial charge < -0.3 is 25.2 Å². The number of fused-ring (bicyclic) bond motifs is 1. The third-order valence-electron chi connectivity index (χ3n) is 5.35. The quantitative estimate of drug-likeness (QED) is 0.453. The Morgan fingerprint density at radius 1 is 0.871 bits per heavy atom. The fraction of sp³-hybridized carbons (Fsp3) is 0.231. The van der Waals surface area contributed by atoms with Crippen LogP contribution in [0, 0.1) is 23.7 Å². The summed E-state index contributed by atoms with van der Waals surface area (Å²) in [7, 11) is 0. The lowest BCUT2D eigenvalue weighted by atomic mass is 9.82. The number of aliphatic hydroxyl groups is 4. The fourth-order valence-corrected chi connectivity index (χ4v) is 3.58. The fourth-order valence-electron chi connectivity index (χ4n) is 3.58. The van der Waals surface area contributed by atoms with E-state index in [1.807, 2.05) is 60.7 Å². The Kier molecular flexibility index (Phi) is 6.06. The van der Waals surface area contributed by atoms with Crippen LogP contribution in [0.5, 0.6) is 0 Å². The molecule has 0 amide bonds. The summed E-state index contributed by atoms with van der Waals surface area (Å²) in [6.45, 7) is -0.533. The standard InChI is InChI=1S/C26H22O5/c27-17-22-24(28)25(29)26(30,23(31-22)14-13-18-7-2-1-3-8-18)16-15-20-11-6-10-19-9-4-5-12-21(19)20/h1-12,22-25,27-30H,17H2/t22-,23-,24-,25+,26-/m1/s1. The summed E-state index contributed by atoms with van der Waals surface area (Å²) in [6, 6.07) is 22.4. The molecule has 1 aliphatic heterocycles. The van der Waals surface area contributed by atoms with Gasteiger partial charge in [-0.2, -0.15) is 0 Å². The maximum absolute atomic E-state index is 11.3. The summed E-state index contributed by atoms with van der Waals surface area (Å²) in [5.74, 6) is 11.3. The molecule has 0 aliphatic carbocycles. The molecule has 0 saturated carbocycles. The SMILES string of the molecule is OC[C@H]1O[C@H](C#Cc2ccccc2)[C@](O)(C#Cc2cccc3ccccc23)[C@@H](O)[C@@H]1O. The Morgan fingerprint density at radius 3 is 2.35 bits per heavy atom. The molecular weight excluding hydrogens is 392 g/mol. The van der Waals surface area contributed by atoms with Gasteiger partial charge >= 0.3 is 0 Å². The van der Waals surface area contributed by atoms with Gasteiger partial charge in [-0.15, -0.1) is 0 Å². The smallest absolute Gasteiger partial charge is 0.191 e. The van der Waals surface area contributed by atoms with Gasteiger partial charge in [-0.25, -0.2) is 0 Å². The molecule has 1 heterocycles. The molecule has 156 valence electrons. The van der Waals surface area contributed by atoms with E-state index in [2.05, 4.69) is 23.7 Å². The summed E-state index contributed by atoms with van der Waals surface area (Å²) < 4.78 is 5.65. The number of hydrogen-bond donors (Lipinski definition) is 4. The monoisotopic (exact) mass is 414 g/mol. The van der Waals surface area contributed by atoms with E-state index in [9.17, 15) is 20.4 Å². The van der Waals surface area contributed by atoms with E-state index in [0.717, 1.165) is 10.8 Å². The molecule has 0 bridgehead atoms. The lowest BCUT2D eigenvalue weighted by Gasteiger charge is -2.43. The average molecular weight is 414 g/mol. The van der Waals surface area contributed by atoms with Gasteiger partial charge in [0.05, 0.1) is 6.61 Å². The minimum absolute atomic E-state index is 0.533. The highest BCUT2D eigenvalue weighted by molar-refractivity contribution is 5.88. The minimum atomic E-state index is -2.16. The largest absolute Gasteiger partial charge is 0.394 e. The molecule has 1 aliphatic rings. The van der Waals surface area contributed by atoms with Gasteiger partial charge in [-0.05, 0) is 29.0 Å². The van der Waals surface area contributed by atoms with Gasteiger partial charge in [-0.1, -0.05) is 78.3 Å². The van der Waals surface area contributed by atoms with Gasteiger partial charge in [0, 0.05) is 11.1 Å². The number of aliphatic hydroxyl groups excluding tert-OH is 3. The number of benzene rings is 3. The van der Waals surface area contributed by atoms with Crippen LogP contribution >= 0.6 is 0 Å². The highest BCUT2D eigenvalue weighted by Gasteiger charge is 2.53. The molecule has 0 spiro atoms. The number of hydrogen-bond acceptors (Lipinski definition) is 5. The van der Waals surface area contributed by atoms with Gasteiger partial charge in [0.25, 0.3) is 0 Å². The molecule has 5 heteroatoms. The molecule has 5 nitrogen and oxygen atoms in total. The van der Waals surface area contributed by atoms with Crippen molar-refractivity contribution in [2.45, 2.75) is 30.0 Å². The Labute approximate surface area is 180 Å². The van der Waals surface area contributed by atoms with E-state index in [4.69, 9.17) is 4.74 Å². The van der Waals surface area contributed by atoms with Gasteiger partial charge in [-0.3, -0.25) is 0 Å². The third-order valence-corrected chi connectivity index (χ3v) is 5.35. The predicted octanol–water partition coefficient (Wildman–Crippen LogP) is 1.46. The van der Waals surface area contributed by atoms with E-state index in [-0.39, 0.29) is 0 Å². The summed E-state index contributed by atoms with van der Waals surface area (Å²) >= 11 is 0. The van der Waals surface area contributed by atoms with Crippen molar-refractivity contribution < 1.29 is 25.2 Å². The van der Waals surface area contributed by atoms with Gasteiger partial charge in [0.2, 0.25) is 0 Å². The second-order valence-electron chi connectivity index (χ2n) is 7.41. The maximum atomic E-state index is 11.3. The van der Waals surface area contributed by atoms with Crippen molar-refractivity contribution in [3.8, 4) is 23.7 Å². The molecule has 31 heavy (non-hydrogen) atoms. The Bertz CT molecular complexity index is 1180. The first-order valence-corrected chi connectivity index (χ1v) is 9.95. The van der Waals surface area contributed by atoms with E-state index in [1.54, 1.807) is 12.1 Å². The van der Waals surface area contributed by atoms with Crippen molar-refractivity contribution in [2.24, 2.45) is 0 Å². The minimum Gasteiger partial charge on any atom is -0.394 e. The summed E-state index contributed by atoms with van der Waals surface area (Å²) in [4.78, 5) is 0. The van der Waals surface area contributed by atoms with E-state index < -0.39 is 36.6 Å². The Hall–Kier alpha value is -3.16. The first-order chi connectivity index (χ1) is 15.0. The second-order valence-corrected chi connectivity index (χ2v) is 7.41. The highest BCUT2D eigenvalue weighted by atomic mass is 16.5. The summed E-state index contributed by atoms with van der Waals surface area (Å²) in [5.41, 5.74) is -0.812. The van der Waals surface area contributed by atoms with Crippen LogP contribution in [-0.4, -0.2) is 57.0 Å². The molecule has 0 radical (unpaired) electrons.